The van der Waals surface area contributed by atoms with E-state index in [4.69, 9.17) is 21.6 Å². The van der Waals surface area contributed by atoms with Crippen LogP contribution in [0.5, 0.6) is 5.75 Å². The molecule has 0 spiro atoms. The zero-order valence-electron chi connectivity index (χ0n) is 10.6. The van der Waals surface area contributed by atoms with Gasteiger partial charge in [0.15, 0.2) is 0 Å². The van der Waals surface area contributed by atoms with E-state index < -0.39 is 0 Å². The quantitative estimate of drug-likeness (QED) is 0.842. The highest BCUT2D eigenvalue weighted by molar-refractivity contribution is 6.30. The number of nitrogens with zero attached hydrogens (tertiary/aromatic N) is 2. The summed E-state index contributed by atoms with van der Waals surface area (Å²) in [4.78, 5) is 13.7. The number of hydrogen-bond donors (Lipinski definition) is 0. The molecule has 0 saturated heterocycles. The number of carbonyl (C=O) groups is 1. The summed E-state index contributed by atoms with van der Waals surface area (Å²) in [5, 5.41) is 9.25. The summed E-state index contributed by atoms with van der Waals surface area (Å²) < 4.78 is 5.13. The van der Waals surface area contributed by atoms with Crippen molar-refractivity contribution in [3.05, 3.63) is 28.8 Å². The molecule has 1 amide bonds. The molecule has 0 saturated carbocycles. The molecule has 5 heteroatoms. The second-order valence-electron chi connectivity index (χ2n) is 4.06. The smallest absolute Gasteiger partial charge is 0.257 e. The molecule has 0 radical (unpaired) electrons. The summed E-state index contributed by atoms with van der Waals surface area (Å²) in [6.45, 7) is 2.14. The molecule has 18 heavy (non-hydrogen) atoms. The molecule has 1 rings (SSSR count). The Balaban J connectivity index is 2.93. The Labute approximate surface area is 112 Å². The normalized spacial score (nSPS) is 11.5. The molecule has 0 N–H and O–H groups in total. The average Bonchev–Trinajstić information content (AvgIpc) is 2.37. The molecular weight excluding hydrogens is 252 g/mol. The molecule has 1 aromatic rings. The lowest BCUT2D eigenvalue weighted by Gasteiger charge is -2.19. The summed E-state index contributed by atoms with van der Waals surface area (Å²) in [7, 11) is 3.14. The minimum Gasteiger partial charge on any atom is -0.496 e. The van der Waals surface area contributed by atoms with E-state index in [0.29, 0.717) is 22.9 Å². The zero-order valence-corrected chi connectivity index (χ0v) is 11.4. The third kappa shape index (κ3) is 3.38. The maximum atomic E-state index is 12.2. The predicted octanol–water partition coefficient (Wildman–Crippen LogP) is 2.58. The van der Waals surface area contributed by atoms with Crippen molar-refractivity contribution < 1.29 is 9.53 Å². The zero-order chi connectivity index (χ0) is 13.7. The fourth-order valence-corrected chi connectivity index (χ4v) is 1.74. The van der Waals surface area contributed by atoms with E-state index in [2.05, 4.69) is 6.07 Å². The highest BCUT2D eigenvalue weighted by Crippen LogP contribution is 2.24. The van der Waals surface area contributed by atoms with Crippen molar-refractivity contribution >= 4 is 17.5 Å². The number of carbonyl (C=O) groups excluding carboxylic acids is 1. The van der Waals surface area contributed by atoms with Gasteiger partial charge in [0.1, 0.15) is 5.75 Å². The summed E-state index contributed by atoms with van der Waals surface area (Å²) >= 11 is 5.84. The van der Waals surface area contributed by atoms with Gasteiger partial charge >= 0.3 is 0 Å². The summed E-state index contributed by atoms with van der Waals surface area (Å²) in [5.74, 6) is 0.0341. The van der Waals surface area contributed by atoms with E-state index in [0.717, 1.165) is 0 Å². The standard InChI is InChI=1S/C13H15ClN2O2/c1-9(7-15)8-16(2)13(17)11-5-4-10(14)6-12(11)18-3/h4-6,9H,8H2,1-3H3. The Morgan fingerprint density at radius 1 is 1.61 bits per heavy atom. The van der Waals surface area contributed by atoms with E-state index in [9.17, 15) is 4.79 Å². The highest BCUT2D eigenvalue weighted by atomic mass is 35.5. The van der Waals surface area contributed by atoms with Crippen LogP contribution in [0, 0.1) is 17.2 Å². The van der Waals surface area contributed by atoms with Crippen molar-refractivity contribution in [1.82, 2.24) is 4.90 Å². The summed E-state index contributed by atoms with van der Waals surface area (Å²) in [6.07, 6.45) is 0. The fraction of sp³-hybridized carbons (Fsp3) is 0.385. The van der Waals surface area contributed by atoms with Gasteiger partial charge in [-0.1, -0.05) is 11.6 Å². The van der Waals surface area contributed by atoms with Gasteiger partial charge in [-0.3, -0.25) is 4.79 Å². The molecule has 0 aromatic heterocycles. The lowest BCUT2D eigenvalue weighted by atomic mass is 10.1. The molecule has 1 aromatic carbocycles. The van der Waals surface area contributed by atoms with E-state index in [1.807, 2.05) is 0 Å². The molecule has 0 aliphatic heterocycles. The average molecular weight is 267 g/mol. The first kappa shape index (κ1) is 14.3. The van der Waals surface area contributed by atoms with Gasteiger partial charge in [0.2, 0.25) is 0 Å². The number of amides is 1. The van der Waals surface area contributed by atoms with Crippen LogP contribution in [0.2, 0.25) is 5.02 Å². The molecule has 1 atom stereocenters. The van der Waals surface area contributed by atoms with Crippen LogP contribution in [0.25, 0.3) is 0 Å². The van der Waals surface area contributed by atoms with Crippen LogP contribution in [-0.4, -0.2) is 31.5 Å². The van der Waals surface area contributed by atoms with Gasteiger partial charge in [0, 0.05) is 18.6 Å². The van der Waals surface area contributed by atoms with Gasteiger partial charge in [-0.05, 0) is 25.1 Å². The van der Waals surface area contributed by atoms with E-state index in [1.165, 1.54) is 12.0 Å². The van der Waals surface area contributed by atoms with Gasteiger partial charge < -0.3 is 9.64 Å². The van der Waals surface area contributed by atoms with Crippen molar-refractivity contribution in [3.63, 3.8) is 0 Å². The van der Waals surface area contributed by atoms with Crippen molar-refractivity contribution in [3.8, 4) is 11.8 Å². The molecule has 0 aliphatic rings. The third-order valence-electron chi connectivity index (χ3n) is 2.51. The number of hydrogen-bond acceptors (Lipinski definition) is 3. The molecule has 0 aliphatic carbocycles. The number of halogens is 1. The fourth-order valence-electron chi connectivity index (χ4n) is 1.58. The third-order valence-corrected chi connectivity index (χ3v) is 2.74. The molecule has 0 fully saturated rings. The SMILES string of the molecule is COc1cc(Cl)ccc1C(=O)N(C)CC(C)C#N. The van der Waals surface area contributed by atoms with E-state index in [-0.39, 0.29) is 11.8 Å². The summed E-state index contributed by atoms with van der Waals surface area (Å²) in [5.41, 5.74) is 0.439. The Kier molecular flexibility index (Phi) is 4.99. The van der Waals surface area contributed by atoms with Gasteiger partial charge in [0.25, 0.3) is 5.91 Å². The van der Waals surface area contributed by atoms with Gasteiger partial charge in [0.05, 0.1) is 24.7 Å². The van der Waals surface area contributed by atoms with Crippen LogP contribution in [0.4, 0.5) is 0 Å². The minimum absolute atomic E-state index is 0.189. The predicted molar refractivity (Wildman–Crippen MR) is 69.7 cm³/mol. The van der Waals surface area contributed by atoms with Gasteiger partial charge in [-0.15, -0.1) is 0 Å². The maximum absolute atomic E-state index is 12.2. The van der Waals surface area contributed by atoms with Crippen LogP contribution < -0.4 is 4.74 Å². The summed E-state index contributed by atoms with van der Waals surface area (Å²) in [6, 6.07) is 6.95. The van der Waals surface area contributed by atoms with Crippen molar-refractivity contribution in [2.24, 2.45) is 5.92 Å². The second kappa shape index (κ2) is 6.27. The van der Waals surface area contributed by atoms with Gasteiger partial charge in [-0.2, -0.15) is 5.26 Å². The van der Waals surface area contributed by atoms with Crippen molar-refractivity contribution in [1.29, 1.82) is 5.26 Å². The number of benzene rings is 1. The molecular formula is C13H15ClN2O2. The monoisotopic (exact) mass is 266 g/mol. The van der Waals surface area contributed by atoms with E-state index >= 15 is 0 Å². The van der Waals surface area contributed by atoms with Crippen LogP contribution in [0.1, 0.15) is 17.3 Å². The second-order valence-corrected chi connectivity index (χ2v) is 4.50. The highest BCUT2D eigenvalue weighted by Gasteiger charge is 2.18. The Hall–Kier alpha value is -1.73. The molecule has 96 valence electrons. The Morgan fingerprint density at radius 2 is 2.28 bits per heavy atom. The topological polar surface area (TPSA) is 53.3 Å². The molecule has 4 nitrogen and oxygen atoms in total. The van der Waals surface area contributed by atoms with Crippen LogP contribution in [0.15, 0.2) is 18.2 Å². The van der Waals surface area contributed by atoms with Crippen LogP contribution in [0.3, 0.4) is 0 Å². The molecule has 1 unspecified atom stereocenters. The number of nitriles is 1. The number of ether oxygens (including phenoxy) is 1. The lowest BCUT2D eigenvalue weighted by Crippen LogP contribution is -2.30. The maximum Gasteiger partial charge on any atom is 0.257 e. The van der Waals surface area contributed by atoms with Crippen molar-refractivity contribution in [2.45, 2.75) is 6.92 Å². The minimum atomic E-state index is -0.211. The van der Waals surface area contributed by atoms with Gasteiger partial charge in [-0.25, -0.2) is 0 Å². The Morgan fingerprint density at radius 3 is 2.83 bits per heavy atom. The van der Waals surface area contributed by atoms with E-state index in [1.54, 1.807) is 32.2 Å². The lowest BCUT2D eigenvalue weighted by molar-refractivity contribution is 0.0782. The van der Waals surface area contributed by atoms with Crippen LogP contribution in [-0.2, 0) is 0 Å². The Bertz CT molecular complexity index is 482. The molecule has 0 bridgehead atoms. The molecule has 0 heterocycles. The first-order chi connectivity index (χ1) is 8.49. The largest absolute Gasteiger partial charge is 0.496 e. The van der Waals surface area contributed by atoms with Crippen molar-refractivity contribution in [2.75, 3.05) is 20.7 Å². The first-order valence-electron chi connectivity index (χ1n) is 5.48. The first-order valence-corrected chi connectivity index (χ1v) is 5.86. The van der Waals surface area contributed by atoms with Crippen LogP contribution >= 0.6 is 11.6 Å². The number of methoxy groups -OCH3 is 1. The number of rotatable bonds is 4.